The minimum absolute atomic E-state index is 0.0186. The zero-order chi connectivity index (χ0) is 26.8. The number of pyridine rings is 1. The first-order chi connectivity index (χ1) is 17.4. The zero-order valence-corrected chi connectivity index (χ0v) is 21.7. The van der Waals surface area contributed by atoms with E-state index in [0.29, 0.717) is 49.7 Å². The van der Waals surface area contributed by atoms with Gasteiger partial charge in [-0.15, -0.1) is 10.2 Å². The lowest BCUT2D eigenvalue weighted by atomic mass is 10.0. The van der Waals surface area contributed by atoms with Gasteiger partial charge in [0.15, 0.2) is 11.5 Å². The Morgan fingerprint density at radius 2 is 1.78 bits per heavy atom. The molecule has 0 saturated carbocycles. The van der Waals surface area contributed by atoms with Crippen molar-refractivity contribution in [1.29, 1.82) is 0 Å². The second kappa shape index (κ2) is 10.4. The van der Waals surface area contributed by atoms with Crippen molar-refractivity contribution in [3.63, 3.8) is 0 Å². The Balaban J connectivity index is 1.33. The summed E-state index contributed by atoms with van der Waals surface area (Å²) in [5, 5.41) is 17.6. The highest BCUT2D eigenvalue weighted by atomic mass is 32.2. The molecule has 1 amide bonds. The van der Waals surface area contributed by atoms with Gasteiger partial charge in [-0.2, -0.15) is 0 Å². The molecule has 37 heavy (non-hydrogen) atoms. The minimum atomic E-state index is -3.85. The van der Waals surface area contributed by atoms with Crippen LogP contribution in [0.15, 0.2) is 48.8 Å². The Labute approximate surface area is 215 Å². The maximum absolute atomic E-state index is 14.7. The largest absolute Gasteiger partial charge is 0.506 e. The molecule has 4 rings (SSSR count). The number of amides is 1. The van der Waals surface area contributed by atoms with E-state index in [2.05, 4.69) is 20.1 Å². The van der Waals surface area contributed by atoms with E-state index >= 15 is 0 Å². The summed E-state index contributed by atoms with van der Waals surface area (Å²) < 4.78 is 40.0. The fourth-order valence-electron chi connectivity index (χ4n) is 3.80. The number of carbonyl (C=O) groups is 1. The van der Waals surface area contributed by atoms with Crippen LogP contribution in [0.1, 0.15) is 36.8 Å². The van der Waals surface area contributed by atoms with Crippen molar-refractivity contribution in [1.82, 2.24) is 24.8 Å². The number of rotatable bonds is 6. The minimum Gasteiger partial charge on any atom is -0.506 e. The third kappa shape index (κ3) is 6.20. The standard InChI is InChI=1S/C25H29FN6O4S/c1-25(2,3)37(35,36)30-24(34)22-6-7-23(29-28-22)32-10-8-31(9-11-32)16-17-4-5-20(21(26)12-17)18-13-19(33)15-27-14-18/h4-7,12-15,33H,8-11,16H2,1-3H3,(H,30,34). The number of benzene rings is 1. The molecule has 0 radical (unpaired) electrons. The molecule has 12 heteroatoms. The number of nitrogens with zero attached hydrogens (tertiary/aromatic N) is 5. The number of carbonyl (C=O) groups excluding carboxylic acids is 1. The van der Waals surface area contributed by atoms with Gasteiger partial charge in [0.1, 0.15) is 11.6 Å². The van der Waals surface area contributed by atoms with E-state index in [0.717, 1.165) is 5.56 Å². The van der Waals surface area contributed by atoms with E-state index in [-0.39, 0.29) is 17.3 Å². The van der Waals surface area contributed by atoms with Gasteiger partial charge >= 0.3 is 0 Å². The molecule has 1 saturated heterocycles. The summed E-state index contributed by atoms with van der Waals surface area (Å²) in [5.74, 6) is -0.629. The third-order valence-electron chi connectivity index (χ3n) is 6.09. The average Bonchev–Trinajstić information content (AvgIpc) is 2.84. The van der Waals surface area contributed by atoms with E-state index in [1.54, 1.807) is 12.1 Å². The number of piperazine rings is 1. The molecule has 10 nitrogen and oxygen atoms in total. The number of aromatic hydroxyl groups is 1. The molecule has 1 aromatic carbocycles. The van der Waals surface area contributed by atoms with Gasteiger partial charge in [0, 0.05) is 50.0 Å². The number of nitrogens with one attached hydrogen (secondary N) is 1. The Hall–Kier alpha value is -3.64. The van der Waals surface area contributed by atoms with Gasteiger partial charge in [-0.25, -0.2) is 17.5 Å². The molecular weight excluding hydrogens is 499 g/mol. The van der Waals surface area contributed by atoms with Gasteiger partial charge in [-0.1, -0.05) is 12.1 Å². The third-order valence-corrected chi connectivity index (χ3v) is 8.15. The van der Waals surface area contributed by atoms with Crippen molar-refractivity contribution in [3.8, 4) is 16.9 Å². The number of halogens is 1. The SMILES string of the molecule is CC(C)(C)S(=O)(=O)NC(=O)c1ccc(N2CCN(Cc3ccc(-c4cncc(O)c4)c(F)c3)CC2)nn1. The van der Waals surface area contributed by atoms with Crippen LogP contribution in [0, 0.1) is 5.82 Å². The molecule has 196 valence electrons. The molecule has 1 fully saturated rings. The normalized spacial score (nSPS) is 15.0. The lowest BCUT2D eigenvalue weighted by Gasteiger charge is -2.35. The maximum atomic E-state index is 14.7. The smallest absolute Gasteiger partial charge is 0.285 e. The van der Waals surface area contributed by atoms with E-state index in [4.69, 9.17) is 0 Å². The van der Waals surface area contributed by atoms with Crippen molar-refractivity contribution >= 4 is 21.7 Å². The molecule has 2 aromatic heterocycles. The first-order valence-corrected chi connectivity index (χ1v) is 13.2. The van der Waals surface area contributed by atoms with E-state index < -0.39 is 20.7 Å². The first-order valence-electron chi connectivity index (χ1n) is 11.7. The van der Waals surface area contributed by atoms with Crippen molar-refractivity contribution in [3.05, 3.63) is 65.9 Å². The average molecular weight is 529 g/mol. The molecule has 0 aliphatic carbocycles. The summed E-state index contributed by atoms with van der Waals surface area (Å²) in [7, 11) is -3.85. The summed E-state index contributed by atoms with van der Waals surface area (Å²) >= 11 is 0. The topological polar surface area (TPSA) is 129 Å². The van der Waals surface area contributed by atoms with E-state index in [1.165, 1.54) is 51.4 Å². The van der Waals surface area contributed by atoms with Crippen LogP contribution in [0.4, 0.5) is 10.2 Å². The summed E-state index contributed by atoms with van der Waals surface area (Å²) in [6.45, 7) is 7.83. The van der Waals surface area contributed by atoms with Crippen LogP contribution in [-0.2, 0) is 16.6 Å². The van der Waals surface area contributed by atoms with Crippen LogP contribution in [0.3, 0.4) is 0 Å². The quantitative estimate of drug-likeness (QED) is 0.496. The molecule has 3 aromatic rings. The van der Waals surface area contributed by atoms with Crippen molar-refractivity contribution in [2.24, 2.45) is 0 Å². The maximum Gasteiger partial charge on any atom is 0.285 e. The van der Waals surface area contributed by atoms with Gasteiger partial charge in [-0.3, -0.25) is 14.7 Å². The summed E-state index contributed by atoms with van der Waals surface area (Å²) in [6.07, 6.45) is 2.81. The van der Waals surface area contributed by atoms with Gasteiger partial charge in [-0.05, 0) is 50.6 Å². The molecule has 1 aliphatic rings. The number of hydrogen-bond donors (Lipinski definition) is 2. The molecule has 2 N–H and O–H groups in total. The molecule has 0 atom stereocenters. The van der Waals surface area contributed by atoms with Gasteiger partial charge < -0.3 is 10.0 Å². The van der Waals surface area contributed by atoms with Crippen molar-refractivity contribution in [2.45, 2.75) is 32.1 Å². The Bertz CT molecular complexity index is 1390. The first kappa shape index (κ1) is 26.4. The zero-order valence-electron chi connectivity index (χ0n) is 20.8. The van der Waals surface area contributed by atoms with Crippen LogP contribution in [0.5, 0.6) is 5.75 Å². The number of aromatic nitrogens is 3. The van der Waals surface area contributed by atoms with Crippen LogP contribution in [-0.4, -0.2) is 70.4 Å². The number of anilines is 1. The van der Waals surface area contributed by atoms with E-state index in [9.17, 15) is 22.7 Å². The molecule has 0 unspecified atom stereocenters. The van der Waals surface area contributed by atoms with Gasteiger partial charge in [0.2, 0.25) is 10.0 Å². The highest BCUT2D eigenvalue weighted by Gasteiger charge is 2.31. The molecule has 0 bridgehead atoms. The molecule has 1 aliphatic heterocycles. The lowest BCUT2D eigenvalue weighted by molar-refractivity contribution is 0.0974. The van der Waals surface area contributed by atoms with E-state index in [1.807, 2.05) is 15.7 Å². The second-order valence-electron chi connectivity index (χ2n) is 9.83. The van der Waals surface area contributed by atoms with Gasteiger partial charge in [0.05, 0.1) is 10.9 Å². The van der Waals surface area contributed by atoms with Crippen LogP contribution >= 0.6 is 0 Å². The molecule has 3 heterocycles. The predicted molar refractivity (Wildman–Crippen MR) is 137 cm³/mol. The summed E-state index contributed by atoms with van der Waals surface area (Å²) in [6, 6.07) is 9.63. The number of sulfonamides is 1. The predicted octanol–water partition coefficient (Wildman–Crippen LogP) is 2.56. The Kier molecular flexibility index (Phi) is 7.42. The Morgan fingerprint density at radius 3 is 2.38 bits per heavy atom. The summed E-state index contributed by atoms with van der Waals surface area (Å²) in [4.78, 5) is 20.4. The van der Waals surface area contributed by atoms with Crippen LogP contribution in [0.25, 0.3) is 11.1 Å². The van der Waals surface area contributed by atoms with Crippen molar-refractivity contribution < 1.29 is 22.7 Å². The highest BCUT2D eigenvalue weighted by molar-refractivity contribution is 7.91. The second-order valence-corrected chi connectivity index (χ2v) is 12.3. The molecule has 0 spiro atoms. The van der Waals surface area contributed by atoms with Crippen LogP contribution < -0.4 is 9.62 Å². The summed E-state index contributed by atoms with van der Waals surface area (Å²) in [5.41, 5.74) is 1.65. The monoisotopic (exact) mass is 528 g/mol. The molecular formula is C25H29FN6O4S. The lowest BCUT2D eigenvalue weighted by Crippen LogP contribution is -2.46. The fraction of sp³-hybridized carbons (Fsp3) is 0.360. The number of hydrogen-bond acceptors (Lipinski definition) is 9. The van der Waals surface area contributed by atoms with Gasteiger partial charge in [0.25, 0.3) is 5.91 Å². The Morgan fingerprint density at radius 1 is 1.05 bits per heavy atom. The van der Waals surface area contributed by atoms with Crippen LogP contribution in [0.2, 0.25) is 0 Å². The highest BCUT2D eigenvalue weighted by Crippen LogP contribution is 2.26. The fourth-order valence-corrected chi connectivity index (χ4v) is 4.46. The van der Waals surface area contributed by atoms with Crippen molar-refractivity contribution in [2.75, 3.05) is 31.1 Å².